The fourth-order valence-electron chi connectivity index (χ4n) is 2.12. The Bertz CT molecular complexity index is 583. The second-order valence-electron chi connectivity index (χ2n) is 4.19. The normalized spacial score (nSPS) is 13.4. The summed E-state index contributed by atoms with van der Waals surface area (Å²) < 4.78 is 8.62. The summed E-state index contributed by atoms with van der Waals surface area (Å²) in [5.74, 6) is 1.01. The Morgan fingerprint density at radius 1 is 1.39 bits per heavy atom. The zero-order valence-corrected chi connectivity index (χ0v) is 12.7. The van der Waals surface area contributed by atoms with Crippen LogP contribution in [0.1, 0.15) is 16.8 Å². The molecule has 0 saturated carbocycles. The predicted molar refractivity (Wildman–Crippen MR) is 75.1 cm³/mol. The molecule has 0 N–H and O–H groups in total. The quantitative estimate of drug-likeness (QED) is 0.777. The lowest BCUT2D eigenvalue weighted by Crippen LogP contribution is -2.02. The summed E-state index contributed by atoms with van der Waals surface area (Å²) in [6, 6.07) is 4.21. The summed E-state index contributed by atoms with van der Waals surface area (Å²) in [7, 11) is 0. The van der Waals surface area contributed by atoms with Crippen molar-refractivity contribution in [1.29, 1.82) is 0 Å². The van der Waals surface area contributed by atoms with Crippen LogP contribution in [0.3, 0.4) is 0 Å². The molecular formula is C12H11Br2N3O. The molecule has 0 fully saturated rings. The van der Waals surface area contributed by atoms with Gasteiger partial charge < -0.3 is 4.74 Å². The lowest BCUT2D eigenvalue weighted by Gasteiger charge is -2.08. The van der Waals surface area contributed by atoms with Gasteiger partial charge in [0.2, 0.25) is 0 Å². The van der Waals surface area contributed by atoms with Gasteiger partial charge in [-0.3, -0.25) is 0 Å². The van der Waals surface area contributed by atoms with E-state index < -0.39 is 0 Å². The number of aromatic nitrogens is 3. The van der Waals surface area contributed by atoms with Crippen molar-refractivity contribution in [2.24, 2.45) is 0 Å². The van der Waals surface area contributed by atoms with E-state index in [-0.39, 0.29) is 0 Å². The van der Waals surface area contributed by atoms with Gasteiger partial charge in [-0.05, 0) is 17.7 Å². The molecule has 0 unspecified atom stereocenters. The predicted octanol–water partition coefficient (Wildman–Crippen LogP) is 2.92. The summed E-state index contributed by atoms with van der Waals surface area (Å²) >= 11 is 6.91. The second kappa shape index (κ2) is 5.01. The fraction of sp³-hybridized carbons (Fsp3) is 0.333. The van der Waals surface area contributed by atoms with Gasteiger partial charge in [-0.15, -0.1) is 5.10 Å². The molecule has 1 aromatic heterocycles. The summed E-state index contributed by atoms with van der Waals surface area (Å²) in [6.07, 6.45) is 2.92. The molecule has 94 valence electrons. The molecule has 0 bridgehead atoms. The van der Waals surface area contributed by atoms with Gasteiger partial charge in [0, 0.05) is 28.0 Å². The molecule has 18 heavy (non-hydrogen) atoms. The lowest BCUT2D eigenvalue weighted by atomic mass is 10.1. The highest BCUT2D eigenvalue weighted by molar-refractivity contribution is 9.10. The molecule has 6 heteroatoms. The molecule has 4 nitrogen and oxygen atoms in total. The largest absolute Gasteiger partial charge is 0.493 e. The number of hydrogen-bond acceptors (Lipinski definition) is 3. The van der Waals surface area contributed by atoms with Gasteiger partial charge in [0.1, 0.15) is 5.75 Å². The van der Waals surface area contributed by atoms with Gasteiger partial charge in [0.15, 0.2) is 0 Å². The summed E-state index contributed by atoms with van der Waals surface area (Å²) in [5, 5.41) is 8.89. The number of halogens is 2. The lowest BCUT2D eigenvalue weighted by molar-refractivity contribution is 0.352. The monoisotopic (exact) mass is 371 g/mol. The van der Waals surface area contributed by atoms with Crippen LogP contribution in [0.4, 0.5) is 0 Å². The first kappa shape index (κ1) is 12.2. The van der Waals surface area contributed by atoms with Crippen molar-refractivity contribution < 1.29 is 4.74 Å². The zero-order valence-electron chi connectivity index (χ0n) is 9.57. The van der Waals surface area contributed by atoms with Crippen LogP contribution in [0, 0.1) is 0 Å². The third kappa shape index (κ3) is 2.31. The van der Waals surface area contributed by atoms with Crippen LogP contribution in [0.2, 0.25) is 0 Å². The summed E-state index contributed by atoms with van der Waals surface area (Å²) in [6.45, 7) is 1.45. The second-order valence-corrected chi connectivity index (χ2v) is 5.67. The standard InChI is InChI=1S/C12H11Br2N3O/c13-5-11-7-17(16-15-11)6-9-4-10(14)3-8-1-2-18-12(8)9/h3-4,7H,1-2,5-6H2. The van der Waals surface area contributed by atoms with E-state index in [0.29, 0.717) is 6.54 Å². The first-order valence-corrected chi connectivity index (χ1v) is 7.57. The molecule has 0 atom stereocenters. The van der Waals surface area contributed by atoms with E-state index in [1.165, 1.54) is 5.56 Å². The Labute approximate surface area is 122 Å². The Morgan fingerprint density at radius 2 is 2.28 bits per heavy atom. The fourth-order valence-corrected chi connectivity index (χ4v) is 2.92. The Morgan fingerprint density at radius 3 is 3.06 bits per heavy atom. The molecule has 0 radical (unpaired) electrons. The Kier molecular flexibility index (Phi) is 3.39. The van der Waals surface area contributed by atoms with Crippen molar-refractivity contribution in [2.75, 3.05) is 6.61 Å². The van der Waals surface area contributed by atoms with Crippen LogP contribution in [0.15, 0.2) is 22.8 Å². The summed E-state index contributed by atoms with van der Waals surface area (Å²) in [5.41, 5.74) is 3.34. The van der Waals surface area contributed by atoms with Crippen molar-refractivity contribution in [3.63, 3.8) is 0 Å². The van der Waals surface area contributed by atoms with Gasteiger partial charge >= 0.3 is 0 Å². The first-order valence-electron chi connectivity index (χ1n) is 5.65. The van der Waals surface area contributed by atoms with Crippen molar-refractivity contribution in [1.82, 2.24) is 15.0 Å². The molecule has 0 aliphatic carbocycles. The van der Waals surface area contributed by atoms with Crippen LogP contribution in [-0.2, 0) is 18.3 Å². The van der Waals surface area contributed by atoms with Crippen LogP contribution in [0.25, 0.3) is 0 Å². The number of alkyl halides is 1. The highest BCUT2D eigenvalue weighted by Gasteiger charge is 2.18. The minimum atomic E-state index is 0.682. The van der Waals surface area contributed by atoms with Crippen LogP contribution >= 0.6 is 31.9 Å². The highest BCUT2D eigenvalue weighted by atomic mass is 79.9. The number of hydrogen-bond donors (Lipinski definition) is 0. The van der Waals surface area contributed by atoms with E-state index in [0.717, 1.165) is 39.8 Å². The number of rotatable bonds is 3. The Balaban J connectivity index is 1.92. The van der Waals surface area contributed by atoms with Crippen molar-refractivity contribution >= 4 is 31.9 Å². The maximum absolute atomic E-state index is 5.70. The van der Waals surface area contributed by atoms with E-state index >= 15 is 0 Å². The van der Waals surface area contributed by atoms with E-state index in [9.17, 15) is 0 Å². The number of fused-ring (bicyclic) bond motifs is 1. The van der Waals surface area contributed by atoms with Gasteiger partial charge in [-0.25, -0.2) is 4.68 Å². The number of nitrogens with zero attached hydrogens (tertiary/aromatic N) is 3. The molecule has 1 aromatic carbocycles. The van der Waals surface area contributed by atoms with Crippen molar-refractivity contribution in [3.05, 3.63) is 39.6 Å². The van der Waals surface area contributed by atoms with E-state index in [1.54, 1.807) is 0 Å². The zero-order chi connectivity index (χ0) is 12.5. The van der Waals surface area contributed by atoms with Gasteiger partial charge in [-0.1, -0.05) is 37.1 Å². The molecule has 2 aromatic rings. The molecular weight excluding hydrogens is 362 g/mol. The molecule has 0 amide bonds. The molecule has 1 aliphatic rings. The van der Waals surface area contributed by atoms with Crippen LogP contribution < -0.4 is 4.74 Å². The van der Waals surface area contributed by atoms with Crippen molar-refractivity contribution in [2.45, 2.75) is 18.3 Å². The molecule has 0 saturated heterocycles. The minimum absolute atomic E-state index is 0.682. The highest BCUT2D eigenvalue weighted by Crippen LogP contribution is 2.33. The van der Waals surface area contributed by atoms with E-state index in [2.05, 4.69) is 54.3 Å². The maximum atomic E-state index is 5.70. The number of ether oxygens (including phenoxy) is 1. The molecule has 1 aliphatic heterocycles. The molecule has 0 spiro atoms. The maximum Gasteiger partial charge on any atom is 0.127 e. The average molecular weight is 373 g/mol. The van der Waals surface area contributed by atoms with Crippen molar-refractivity contribution in [3.8, 4) is 5.75 Å². The molecule has 3 rings (SSSR count). The number of benzene rings is 1. The smallest absolute Gasteiger partial charge is 0.127 e. The SMILES string of the molecule is BrCc1cn(Cc2cc(Br)cc3c2OCC3)nn1. The minimum Gasteiger partial charge on any atom is -0.493 e. The average Bonchev–Trinajstić information content (AvgIpc) is 2.97. The topological polar surface area (TPSA) is 39.9 Å². The Hall–Kier alpha value is -0.880. The summed E-state index contributed by atoms with van der Waals surface area (Å²) in [4.78, 5) is 0. The third-order valence-corrected chi connectivity index (χ3v) is 3.91. The van der Waals surface area contributed by atoms with Gasteiger partial charge in [0.05, 0.1) is 18.8 Å². The van der Waals surface area contributed by atoms with Gasteiger partial charge in [0.25, 0.3) is 0 Å². The third-order valence-electron chi connectivity index (χ3n) is 2.88. The van der Waals surface area contributed by atoms with E-state index in [4.69, 9.17) is 4.74 Å². The van der Waals surface area contributed by atoms with E-state index in [1.807, 2.05) is 10.9 Å². The van der Waals surface area contributed by atoms with Crippen LogP contribution in [0.5, 0.6) is 5.75 Å². The van der Waals surface area contributed by atoms with Crippen LogP contribution in [-0.4, -0.2) is 21.6 Å². The molecule has 2 heterocycles. The first-order chi connectivity index (χ1) is 8.76. The van der Waals surface area contributed by atoms with Gasteiger partial charge in [-0.2, -0.15) is 0 Å².